The van der Waals surface area contributed by atoms with Crippen molar-refractivity contribution >= 4 is 28.2 Å². The average molecular weight is 519 g/mol. The maximum absolute atomic E-state index is 13.1. The summed E-state index contributed by atoms with van der Waals surface area (Å²) in [7, 11) is 1.59. The Bertz CT molecular complexity index is 1610. The minimum absolute atomic E-state index is 0.0663. The second-order valence-corrected chi connectivity index (χ2v) is 10.1. The van der Waals surface area contributed by atoms with Crippen LogP contribution in [0, 0.1) is 0 Å². The van der Waals surface area contributed by atoms with Gasteiger partial charge in [-0.3, -0.25) is 4.98 Å². The van der Waals surface area contributed by atoms with Crippen LogP contribution < -0.4 is 20.1 Å². The van der Waals surface area contributed by atoms with Gasteiger partial charge >= 0.3 is 6.03 Å². The number of fused-ring (bicyclic) bond motifs is 1. The van der Waals surface area contributed by atoms with E-state index in [1.807, 2.05) is 78.9 Å². The van der Waals surface area contributed by atoms with Crippen LogP contribution in [0.5, 0.6) is 17.4 Å². The van der Waals surface area contributed by atoms with Gasteiger partial charge < -0.3 is 20.1 Å². The lowest BCUT2D eigenvalue weighted by Crippen LogP contribution is -2.21. The van der Waals surface area contributed by atoms with Crippen LogP contribution >= 0.6 is 0 Å². The number of urea groups is 1. The summed E-state index contributed by atoms with van der Waals surface area (Å²) in [6.07, 6.45) is 5.11. The van der Waals surface area contributed by atoms with Gasteiger partial charge in [0.1, 0.15) is 11.5 Å². The number of nitrogens with one attached hydrogen (secondary N) is 2. The standard InChI is InChI=1S/C32H30N4O3/c1-32(2,3)22-12-15-29(38-4)28(18-22)36-31(37)35-27-14-13-24(25-9-5-6-10-26(25)27)21-11-16-30(34-19-21)39-23-8-7-17-33-20-23/h5-20H,1-4H3,(H2,35,36,37). The van der Waals surface area contributed by atoms with Gasteiger partial charge in [0, 0.05) is 29.4 Å². The van der Waals surface area contributed by atoms with Gasteiger partial charge in [0.2, 0.25) is 5.88 Å². The van der Waals surface area contributed by atoms with Crippen LogP contribution in [0.1, 0.15) is 26.3 Å². The lowest BCUT2D eigenvalue weighted by atomic mass is 9.87. The minimum Gasteiger partial charge on any atom is -0.495 e. The molecule has 0 aliphatic rings. The monoisotopic (exact) mass is 518 g/mol. The van der Waals surface area contributed by atoms with Crippen molar-refractivity contribution in [1.29, 1.82) is 0 Å². The quantitative estimate of drug-likeness (QED) is 0.238. The number of methoxy groups -OCH3 is 1. The SMILES string of the molecule is COc1ccc(C(C)(C)C)cc1NC(=O)Nc1ccc(-c2ccc(Oc3cccnc3)nc2)c2ccccc12. The van der Waals surface area contributed by atoms with Crippen LogP contribution in [-0.4, -0.2) is 23.1 Å². The van der Waals surface area contributed by atoms with Gasteiger partial charge in [-0.05, 0) is 58.3 Å². The zero-order valence-electron chi connectivity index (χ0n) is 22.4. The number of ether oxygens (including phenoxy) is 2. The van der Waals surface area contributed by atoms with Crippen molar-refractivity contribution in [3.8, 4) is 28.5 Å². The molecule has 0 fully saturated rings. The third-order valence-corrected chi connectivity index (χ3v) is 6.39. The lowest BCUT2D eigenvalue weighted by molar-refractivity contribution is 0.262. The first kappa shape index (κ1) is 25.7. The molecule has 0 aliphatic heterocycles. The number of carbonyl (C=O) groups excluding carboxylic acids is 1. The molecule has 0 saturated carbocycles. The predicted octanol–water partition coefficient (Wildman–Crippen LogP) is 8.04. The van der Waals surface area contributed by atoms with E-state index < -0.39 is 0 Å². The van der Waals surface area contributed by atoms with Crippen molar-refractivity contribution in [2.45, 2.75) is 26.2 Å². The van der Waals surface area contributed by atoms with Crippen LogP contribution in [0.4, 0.5) is 16.2 Å². The second kappa shape index (κ2) is 10.8. The summed E-state index contributed by atoms with van der Waals surface area (Å²) < 4.78 is 11.3. The predicted molar refractivity (Wildman–Crippen MR) is 156 cm³/mol. The number of rotatable bonds is 6. The molecule has 2 aromatic heterocycles. The molecule has 7 heteroatoms. The van der Waals surface area contributed by atoms with Crippen LogP contribution in [0.2, 0.25) is 0 Å². The molecule has 0 spiro atoms. The molecule has 5 aromatic rings. The van der Waals surface area contributed by atoms with E-state index in [2.05, 4.69) is 41.4 Å². The number of anilines is 2. The number of amides is 2. The van der Waals surface area contributed by atoms with E-state index in [1.165, 1.54) is 0 Å². The van der Waals surface area contributed by atoms with Crippen molar-refractivity contribution in [3.05, 3.63) is 103 Å². The molecule has 0 unspecified atom stereocenters. The summed E-state index contributed by atoms with van der Waals surface area (Å²) in [6, 6.07) is 24.8. The van der Waals surface area contributed by atoms with Crippen LogP contribution in [0.25, 0.3) is 21.9 Å². The molecule has 196 valence electrons. The Morgan fingerprint density at radius 3 is 2.31 bits per heavy atom. The smallest absolute Gasteiger partial charge is 0.323 e. The van der Waals surface area contributed by atoms with Crippen molar-refractivity contribution in [2.24, 2.45) is 0 Å². The number of hydrogen-bond donors (Lipinski definition) is 2. The summed E-state index contributed by atoms with van der Waals surface area (Å²) in [4.78, 5) is 21.6. The first-order valence-corrected chi connectivity index (χ1v) is 12.6. The molecule has 0 aliphatic carbocycles. The molecule has 0 bridgehead atoms. The van der Waals surface area contributed by atoms with Crippen molar-refractivity contribution in [2.75, 3.05) is 17.7 Å². The molecule has 7 nitrogen and oxygen atoms in total. The van der Waals surface area contributed by atoms with E-state index >= 15 is 0 Å². The number of benzene rings is 3. The molecule has 3 aromatic carbocycles. The summed E-state index contributed by atoms with van der Waals surface area (Å²) in [6.45, 7) is 6.38. The topological polar surface area (TPSA) is 85.4 Å². The highest BCUT2D eigenvalue weighted by Crippen LogP contribution is 2.35. The highest BCUT2D eigenvalue weighted by molar-refractivity contribution is 6.10. The fraction of sp³-hybridized carbons (Fsp3) is 0.156. The Morgan fingerprint density at radius 1 is 0.821 bits per heavy atom. The molecule has 0 atom stereocenters. The number of pyridine rings is 2. The van der Waals surface area contributed by atoms with Gasteiger partial charge in [0.25, 0.3) is 0 Å². The Kier molecular flexibility index (Phi) is 7.14. The van der Waals surface area contributed by atoms with E-state index in [9.17, 15) is 4.79 Å². The van der Waals surface area contributed by atoms with E-state index in [1.54, 1.807) is 25.7 Å². The zero-order valence-corrected chi connectivity index (χ0v) is 22.4. The Hall–Kier alpha value is -4.91. The summed E-state index contributed by atoms with van der Waals surface area (Å²) in [5, 5.41) is 7.87. The second-order valence-electron chi connectivity index (χ2n) is 10.1. The van der Waals surface area contributed by atoms with Gasteiger partial charge in [-0.25, -0.2) is 9.78 Å². The molecule has 5 rings (SSSR count). The van der Waals surface area contributed by atoms with Crippen molar-refractivity contribution in [1.82, 2.24) is 9.97 Å². The molecule has 2 heterocycles. The minimum atomic E-state index is -0.351. The highest BCUT2D eigenvalue weighted by Gasteiger charge is 2.18. The van der Waals surface area contributed by atoms with Gasteiger partial charge in [-0.1, -0.05) is 57.2 Å². The highest BCUT2D eigenvalue weighted by atomic mass is 16.5. The maximum atomic E-state index is 13.1. The Balaban J connectivity index is 1.39. The summed E-state index contributed by atoms with van der Waals surface area (Å²) >= 11 is 0. The third kappa shape index (κ3) is 5.83. The lowest BCUT2D eigenvalue weighted by Gasteiger charge is -2.21. The van der Waals surface area contributed by atoms with E-state index in [0.29, 0.717) is 28.8 Å². The first-order chi connectivity index (χ1) is 18.8. The van der Waals surface area contributed by atoms with Gasteiger partial charge in [0.05, 0.1) is 24.7 Å². The Morgan fingerprint density at radius 2 is 1.62 bits per heavy atom. The molecule has 0 radical (unpaired) electrons. The number of carbonyl (C=O) groups is 1. The molecule has 2 N–H and O–H groups in total. The van der Waals surface area contributed by atoms with Gasteiger partial charge in [-0.15, -0.1) is 0 Å². The summed E-state index contributed by atoms with van der Waals surface area (Å²) in [5.41, 5.74) is 4.27. The van der Waals surface area contributed by atoms with E-state index in [0.717, 1.165) is 27.5 Å². The molecule has 39 heavy (non-hydrogen) atoms. The van der Waals surface area contributed by atoms with Crippen molar-refractivity contribution in [3.63, 3.8) is 0 Å². The Labute approximate surface area is 227 Å². The van der Waals surface area contributed by atoms with Crippen LogP contribution in [0.15, 0.2) is 97.5 Å². The molecule has 2 amide bonds. The zero-order chi connectivity index (χ0) is 27.4. The molecular weight excluding hydrogens is 488 g/mol. The van der Waals surface area contributed by atoms with Crippen LogP contribution in [-0.2, 0) is 5.41 Å². The third-order valence-electron chi connectivity index (χ3n) is 6.39. The fourth-order valence-corrected chi connectivity index (χ4v) is 4.34. The largest absolute Gasteiger partial charge is 0.495 e. The number of aromatic nitrogens is 2. The van der Waals surface area contributed by atoms with Crippen LogP contribution in [0.3, 0.4) is 0 Å². The van der Waals surface area contributed by atoms with E-state index in [-0.39, 0.29) is 11.4 Å². The molecular formula is C32H30N4O3. The van der Waals surface area contributed by atoms with E-state index in [4.69, 9.17) is 9.47 Å². The van der Waals surface area contributed by atoms with Gasteiger partial charge in [0.15, 0.2) is 0 Å². The normalized spacial score (nSPS) is 11.2. The summed E-state index contributed by atoms with van der Waals surface area (Å²) in [5.74, 6) is 1.71. The molecule has 0 saturated heterocycles. The average Bonchev–Trinajstić information content (AvgIpc) is 2.94. The first-order valence-electron chi connectivity index (χ1n) is 12.6. The fourth-order valence-electron chi connectivity index (χ4n) is 4.34. The van der Waals surface area contributed by atoms with Crippen molar-refractivity contribution < 1.29 is 14.3 Å². The maximum Gasteiger partial charge on any atom is 0.323 e. The number of hydrogen-bond acceptors (Lipinski definition) is 5. The number of nitrogens with zero attached hydrogens (tertiary/aromatic N) is 2. The van der Waals surface area contributed by atoms with Gasteiger partial charge in [-0.2, -0.15) is 0 Å².